The predicted molar refractivity (Wildman–Crippen MR) is 65.8 cm³/mol. The van der Waals surface area contributed by atoms with Gasteiger partial charge < -0.3 is 15.2 Å². The third-order valence-corrected chi connectivity index (χ3v) is 2.55. The van der Waals surface area contributed by atoms with Crippen molar-refractivity contribution >= 4 is 0 Å². The molecule has 0 aliphatic heterocycles. The van der Waals surface area contributed by atoms with Gasteiger partial charge in [-0.15, -0.1) is 0 Å². The second kappa shape index (κ2) is 7.28. The summed E-state index contributed by atoms with van der Waals surface area (Å²) < 4.78 is 29.1. The van der Waals surface area contributed by atoms with Crippen molar-refractivity contribution in [3.63, 3.8) is 0 Å². The number of rotatable bonds is 7. The summed E-state index contributed by atoms with van der Waals surface area (Å²) in [6.07, 6.45) is 0.253. The van der Waals surface area contributed by atoms with Crippen LogP contribution >= 0.6 is 0 Å². The van der Waals surface area contributed by atoms with E-state index in [1.165, 1.54) is 0 Å². The molecule has 0 spiro atoms. The summed E-state index contributed by atoms with van der Waals surface area (Å²) >= 11 is 0. The molecule has 18 heavy (non-hydrogen) atoms. The van der Waals surface area contributed by atoms with E-state index in [4.69, 9.17) is 5.11 Å². The van der Waals surface area contributed by atoms with Crippen LogP contribution in [0.1, 0.15) is 24.5 Å². The van der Waals surface area contributed by atoms with Crippen LogP contribution in [0.2, 0.25) is 0 Å². The Morgan fingerprint density at radius 2 is 2.11 bits per heavy atom. The summed E-state index contributed by atoms with van der Waals surface area (Å²) in [6.45, 7) is 1.69. The van der Waals surface area contributed by atoms with Crippen LogP contribution in [0.25, 0.3) is 0 Å². The van der Waals surface area contributed by atoms with Crippen molar-refractivity contribution in [3.8, 4) is 5.75 Å². The number of aryl methyl sites for hydroxylation is 1. The summed E-state index contributed by atoms with van der Waals surface area (Å²) in [5.74, 6) is 0.233. The number of hydrogen-bond donors (Lipinski definition) is 2. The summed E-state index contributed by atoms with van der Waals surface area (Å²) in [5, 5.41) is 12.2. The molecule has 0 fully saturated rings. The molecule has 1 unspecified atom stereocenters. The van der Waals surface area contributed by atoms with E-state index in [0.29, 0.717) is 30.6 Å². The van der Waals surface area contributed by atoms with Gasteiger partial charge in [0.2, 0.25) is 0 Å². The topological polar surface area (TPSA) is 41.5 Å². The Balaban J connectivity index is 2.61. The van der Waals surface area contributed by atoms with Gasteiger partial charge in [-0.1, -0.05) is 18.2 Å². The van der Waals surface area contributed by atoms with Crippen molar-refractivity contribution in [2.45, 2.75) is 39.5 Å². The maximum atomic E-state index is 12.3. The van der Waals surface area contributed by atoms with Crippen LogP contribution < -0.4 is 10.1 Å². The lowest BCUT2D eigenvalue weighted by atomic mass is 10.1. The normalized spacial score (nSPS) is 12.8. The Hall–Kier alpha value is -1.20. The fourth-order valence-corrected chi connectivity index (χ4v) is 1.64. The first-order chi connectivity index (χ1) is 8.50. The molecule has 0 heterocycles. The van der Waals surface area contributed by atoms with E-state index < -0.39 is 6.61 Å². The van der Waals surface area contributed by atoms with Gasteiger partial charge in [-0.3, -0.25) is 0 Å². The van der Waals surface area contributed by atoms with Gasteiger partial charge in [0.05, 0.1) is 6.10 Å². The van der Waals surface area contributed by atoms with Crippen LogP contribution in [0.15, 0.2) is 18.2 Å². The minimum atomic E-state index is -2.82. The van der Waals surface area contributed by atoms with E-state index in [9.17, 15) is 8.78 Å². The van der Waals surface area contributed by atoms with E-state index in [1.54, 1.807) is 32.0 Å². The van der Waals surface area contributed by atoms with E-state index >= 15 is 0 Å². The highest BCUT2D eigenvalue weighted by Gasteiger charge is 2.11. The maximum absolute atomic E-state index is 12.3. The zero-order chi connectivity index (χ0) is 13.5. The number of benzene rings is 1. The lowest BCUT2D eigenvalue weighted by molar-refractivity contribution is -0.0509. The van der Waals surface area contributed by atoms with Crippen LogP contribution in [0.3, 0.4) is 0 Å². The highest BCUT2D eigenvalue weighted by Crippen LogP contribution is 2.25. The number of aliphatic hydroxyl groups is 1. The van der Waals surface area contributed by atoms with Crippen LogP contribution in [0.5, 0.6) is 5.75 Å². The average Bonchev–Trinajstić information content (AvgIpc) is 2.27. The van der Waals surface area contributed by atoms with Crippen molar-refractivity contribution in [2.24, 2.45) is 0 Å². The fourth-order valence-electron chi connectivity index (χ4n) is 1.64. The van der Waals surface area contributed by atoms with Gasteiger partial charge in [-0.2, -0.15) is 8.78 Å². The van der Waals surface area contributed by atoms with Crippen molar-refractivity contribution < 1.29 is 18.6 Å². The molecule has 0 amide bonds. The number of halogens is 2. The summed E-state index contributed by atoms with van der Waals surface area (Å²) in [4.78, 5) is 0. The third kappa shape index (κ3) is 4.98. The van der Waals surface area contributed by atoms with Gasteiger partial charge in [0.1, 0.15) is 5.75 Å². The van der Waals surface area contributed by atoms with E-state index in [0.717, 1.165) is 0 Å². The molecule has 1 atom stereocenters. The second-order valence-electron chi connectivity index (χ2n) is 4.26. The van der Waals surface area contributed by atoms with Gasteiger partial charge in [0.25, 0.3) is 0 Å². The minimum absolute atomic E-state index is 0.233. The first kappa shape index (κ1) is 14.9. The molecule has 1 aromatic rings. The lowest BCUT2D eigenvalue weighted by Gasteiger charge is -2.14. The molecule has 102 valence electrons. The largest absolute Gasteiger partial charge is 0.434 e. The fraction of sp³-hybridized carbons (Fsp3) is 0.538. The van der Waals surface area contributed by atoms with Gasteiger partial charge in [0, 0.05) is 12.1 Å². The van der Waals surface area contributed by atoms with Crippen molar-refractivity contribution in [3.05, 3.63) is 29.3 Å². The van der Waals surface area contributed by atoms with Gasteiger partial charge in [-0.25, -0.2) is 0 Å². The van der Waals surface area contributed by atoms with Gasteiger partial charge >= 0.3 is 6.61 Å². The van der Waals surface area contributed by atoms with E-state index in [-0.39, 0.29) is 11.9 Å². The Kier molecular flexibility index (Phi) is 6.01. The molecular formula is C13H19F2NO2. The molecule has 0 saturated heterocycles. The molecule has 2 N–H and O–H groups in total. The molecule has 1 aromatic carbocycles. The summed E-state index contributed by atoms with van der Waals surface area (Å²) in [7, 11) is 0. The van der Waals surface area contributed by atoms with Crippen molar-refractivity contribution in [1.29, 1.82) is 0 Å². The van der Waals surface area contributed by atoms with Crippen LogP contribution in [-0.2, 0) is 6.54 Å². The van der Waals surface area contributed by atoms with Gasteiger partial charge in [0.15, 0.2) is 0 Å². The molecule has 1 rings (SSSR count). The number of para-hydroxylation sites is 1. The average molecular weight is 259 g/mol. The Labute approximate surface area is 106 Å². The van der Waals surface area contributed by atoms with E-state index in [2.05, 4.69) is 10.1 Å². The number of hydrogen-bond acceptors (Lipinski definition) is 3. The standard InChI is InChI=1S/C13H19F2NO2/c1-9-4-3-5-11(12(9)18-13(14)15)8-16-7-6-10(2)17/h3-5,10,13,16-17H,6-8H2,1-2H3. The van der Waals surface area contributed by atoms with Crippen LogP contribution in [0.4, 0.5) is 8.78 Å². The molecule has 0 saturated carbocycles. The molecular weight excluding hydrogens is 240 g/mol. The van der Waals surface area contributed by atoms with Crippen molar-refractivity contribution in [1.82, 2.24) is 5.32 Å². The van der Waals surface area contributed by atoms with Gasteiger partial charge in [-0.05, 0) is 32.4 Å². The lowest BCUT2D eigenvalue weighted by Crippen LogP contribution is -2.19. The highest BCUT2D eigenvalue weighted by atomic mass is 19.3. The molecule has 0 aliphatic carbocycles. The summed E-state index contributed by atoms with van der Waals surface area (Å²) in [5.41, 5.74) is 1.38. The van der Waals surface area contributed by atoms with E-state index in [1.807, 2.05) is 0 Å². The first-order valence-corrected chi connectivity index (χ1v) is 5.92. The molecule has 0 radical (unpaired) electrons. The summed E-state index contributed by atoms with van der Waals surface area (Å²) in [6, 6.07) is 5.29. The quantitative estimate of drug-likeness (QED) is 0.739. The maximum Gasteiger partial charge on any atom is 0.387 e. The molecule has 0 aromatic heterocycles. The predicted octanol–water partition coefficient (Wildman–Crippen LogP) is 2.46. The third-order valence-electron chi connectivity index (χ3n) is 2.55. The Morgan fingerprint density at radius 1 is 1.39 bits per heavy atom. The Bertz CT molecular complexity index is 370. The molecule has 0 bridgehead atoms. The number of nitrogens with one attached hydrogen (secondary N) is 1. The number of aliphatic hydroxyl groups excluding tert-OH is 1. The van der Waals surface area contributed by atoms with Crippen LogP contribution in [0, 0.1) is 6.92 Å². The zero-order valence-corrected chi connectivity index (χ0v) is 10.6. The minimum Gasteiger partial charge on any atom is -0.434 e. The number of alkyl halides is 2. The first-order valence-electron chi connectivity index (χ1n) is 5.92. The zero-order valence-electron chi connectivity index (χ0n) is 10.6. The molecule has 0 aliphatic rings. The SMILES string of the molecule is Cc1cccc(CNCCC(C)O)c1OC(F)F. The van der Waals surface area contributed by atoms with Crippen LogP contribution in [-0.4, -0.2) is 24.4 Å². The molecule has 5 heteroatoms. The monoisotopic (exact) mass is 259 g/mol. The van der Waals surface area contributed by atoms with Crippen molar-refractivity contribution in [2.75, 3.05) is 6.54 Å². The number of ether oxygens (including phenoxy) is 1. The second-order valence-corrected chi connectivity index (χ2v) is 4.26. The Morgan fingerprint density at radius 3 is 2.72 bits per heavy atom. The smallest absolute Gasteiger partial charge is 0.387 e. The molecule has 3 nitrogen and oxygen atoms in total. The highest BCUT2D eigenvalue weighted by molar-refractivity contribution is 5.40.